The maximum Gasteiger partial charge on any atom is 0.259 e. The van der Waals surface area contributed by atoms with Gasteiger partial charge in [-0.1, -0.05) is 0 Å². The van der Waals surface area contributed by atoms with Gasteiger partial charge in [-0.05, 0) is 64.0 Å². The highest BCUT2D eigenvalue weighted by atomic mass is 35.5. The van der Waals surface area contributed by atoms with Gasteiger partial charge in [0.2, 0.25) is 0 Å². The third-order valence-electron chi connectivity index (χ3n) is 6.70. The van der Waals surface area contributed by atoms with Crippen LogP contribution in [0, 0.1) is 12.3 Å². The summed E-state index contributed by atoms with van der Waals surface area (Å²) in [5.74, 6) is 0.314. The van der Waals surface area contributed by atoms with Crippen LogP contribution in [0.3, 0.4) is 0 Å². The molecule has 2 saturated heterocycles. The van der Waals surface area contributed by atoms with Gasteiger partial charge in [-0.3, -0.25) is 9.59 Å². The predicted molar refractivity (Wildman–Crippen MR) is 109 cm³/mol. The van der Waals surface area contributed by atoms with Gasteiger partial charge < -0.3 is 15.2 Å². The lowest BCUT2D eigenvalue weighted by atomic mass is 9.94. The molecular weight excluding hydrogens is 378 g/mol. The lowest BCUT2D eigenvalue weighted by Crippen LogP contribution is -2.41. The third-order valence-corrected chi connectivity index (χ3v) is 6.70. The third kappa shape index (κ3) is 3.24. The number of aryl methyl sites for hydroxylation is 1. The number of likely N-dealkylation sites (tertiary alicyclic amines) is 1. The number of hydrogen-bond donors (Lipinski definition) is 2. The van der Waals surface area contributed by atoms with Crippen molar-refractivity contribution >= 4 is 24.0 Å². The SMILES string of the molecule is Cc1nn2c(C3CCNCC3)cc(=O)[nH]c2c1C(=O)N1CCCC2(CC2)C1.Cl. The number of H-pyrrole nitrogens is 1. The number of carbonyl (C=O) groups excluding carboxylic acids is 1. The molecule has 8 heteroatoms. The van der Waals surface area contributed by atoms with Gasteiger partial charge in [-0.2, -0.15) is 5.10 Å². The summed E-state index contributed by atoms with van der Waals surface area (Å²) >= 11 is 0. The average molecular weight is 406 g/mol. The van der Waals surface area contributed by atoms with E-state index in [4.69, 9.17) is 0 Å². The molecule has 3 fully saturated rings. The molecule has 0 atom stereocenters. The maximum absolute atomic E-state index is 13.4. The molecule has 4 heterocycles. The summed E-state index contributed by atoms with van der Waals surface area (Å²) in [6.45, 7) is 5.42. The number of fused-ring (bicyclic) bond motifs is 1. The van der Waals surface area contributed by atoms with Crippen LogP contribution in [-0.4, -0.2) is 51.6 Å². The van der Waals surface area contributed by atoms with Crippen molar-refractivity contribution in [3.8, 4) is 0 Å². The second-order valence-electron chi connectivity index (χ2n) is 8.63. The van der Waals surface area contributed by atoms with E-state index in [1.165, 1.54) is 19.3 Å². The fourth-order valence-corrected chi connectivity index (χ4v) is 4.97. The minimum absolute atomic E-state index is 0. The van der Waals surface area contributed by atoms with Crippen molar-refractivity contribution in [2.75, 3.05) is 26.2 Å². The van der Waals surface area contributed by atoms with Crippen molar-refractivity contribution < 1.29 is 4.79 Å². The molecule has 2 aliphatic heterocycles. The molecule has 1 spiro atoms. The van der Waals surface area contributed by atoms with Gasteiger partial charge in [0.25, 0.3) is 11.5 Å². The molecular formula is C20H28ClN5O2. The fraction of sp³-hybridized carbons (Fsp3) is 0.650. The molecule has 1 amide bonds. The van der Waals surface area contributed by atoms with Crippen LogP contribution in [0.4, 0.5) is 0 Å². The Labute approximate surface area is 170 Å². The number of piperidine rings is 2. The topological polar surface area (TPSA) is 82.5 Å². The van der Waals surface area contributed by atoms with Gasteiger partial charge in [0, 0.05) is 25.1 Å². The predicted octanol–water partition coefficient (Wildman–Crippen LogP) is 2.24. The zero-order valence-corrected chi connectivity index (χ0v) is 17.1. The lowest BCUT2D eigenvalue weighted by Gasteiger charge is -2.33. The molecule has 2 aromatic heterocycles. The molecule has 7 nitrogen and oxygen atoms in total. The van der Waals surface area contributed by atoms with Crippen molar-refractivity contribution in [2.45, 2.75) is 51.4 Å². The molecule has 2 aromatic rings. The van der Waals surface area contributed by atoms with E-state index in [1.54, 1.807) is 6.07 Å². The number of nitrogens with zero attached hydrogens (tertiary/aromatic N) is 3. The Kier molecular flexibility index (Phi) is 5.00. The number of nitrogens with one attached hydrogen (secondary N) is 2. The highest BCUT2D eigenvalue weighted by Gasteiger charge is 2.46. The molecule has 3 aliphatic rings. The van der Waals surface area contributed by atoms with E-state index in [0.29, 0.717) is 28.2 Å². The smallest absolute Gasteiger partial charge is 0.259 e. The maximum atomic E-state index is 13.4. The normalized spacial score (nSPS) is 21.7. The Morgan fingerprint density at radius 2 is 2.00 bits per heavy atom. The van der Waals surface area contributed by atoms with Crippen LogP contribution in [-0.2, 0) is 0 Å². The summed E-state index contributed by atoms with van der Waals surface area (Å²) in [5, 5.41) is 8.04. The van der Waals surface area contributed by atoms with Crippen molar-refractivity contribution in [3.05, 3.63) is 33.4 Å². The van der Waals surface area contributed by atoms with E-state index in [9.17, 15) is 9.59 Å². The first-order chi connectivity index (χ1) is 13.1. The van der Waals surface area contributed by atoms with Crippen LogP contribution in [0.25, 0.3) is 5.65 Å². The zero-order chi connectivity index (χ0) is 18.6. The number of halogens is 1. The standard InChI is InChI=1S/C20H27N5O2.ClH/c1-13-17(19(27)24-10-2-5-20(12-24)6-7-20)18-22-16(26)11-15(25(18)23-13)14-3-8-21-9-4-14;/h11,14,21H,2-10,12H2,1H3,(H,22,26);1H. The quantitative estimate of drug-likeness (QED) is 0.802. The molecule has 5 rings (SSSR count). The van der Waals surface area contributed by atoms with Crippen molar-refractivity contribution in [3.63, 3.8) is 0 Å². The van der Waals surface area contributed by atoms with Crippen LogP contribution < -0.4 is 10.9 Å². The van der Waals surface area contributed by atoms with E-state index in [1.807, 2.05) is 16.3 Å². The van der Waals surface area contributed by atoms with E-state index in [2.05, 4.69) is 15.4 Å². The van der Waals surface area contributed by atoms with Gasteiger partial charge in [-0.15, -0.1) is 12.4 Å². The van der Waals surface area contributed by atoms with Crippen molar-refractivity contribution in [2.24, 2.45) is 5.41 Å². The van der Waals surface area contributed by atoms with Crippen LogP contribution in [0.2, 0.25) is 0 Å². The Bertz CT molecular complexity index is 955. The molecule has 0 aromatic carbocycles. The fourth-order valence-electron chi connectivity index (χ4n) is 4.97. The first-order valence-corrected chi connectivity index (χ1v) is 10.2. The number of amides is 1. The second kappa shape index (κ2) is 7.19. The van der Waals surface area contributed by atoms with Crippen LogP contribution >= 0.6 is 12.4 Å². The first-order valence-electron chi connectivity index (χ1n) is 10.2. The summed E-state index contributed by atoms with van der Waals surface area (Å²) in [7, 11) is 0. The van der Waals surface area contributed by atoms with Crippen LogP contribution in [0.1, 0.15) is 66.2 Å². The van der Waals surface area contributed by atoms with Gasteiger partial charge in [-0.25, -0.2) is 4.52 Å². The zero-order valence-electron chi connectivity index (χ0n) is 16.3. The van der Waals surface area contributed by atoms with Gasteiger partial charge in [0.05, 0.1) is 11.4 Å². The minimum Gasteiger partial charge on any atom is -0.338 e. The summed E-state index contributed by atoms with van der Waals surface area (Å²) in [6.07, 6.45) is 6.75. The molecule has 0 unspecified atom stereocenters. The van der Waals surface area contributed by atoms with E-state index in [0.717, 1.165) is 51.1 Å². The minimum atomic E-state index is -0.151. The Hall–Kier alpha value is -1.86. The Morgan fingerprint density at radius 3 is 2.71 bits per heavy atom. The summed E-state index contributed by atoms with van der Waals surface area (Å²) in [5.41, 5.74) is 2.98. The molecule has 1 aliphatic carbocycles. The van der Waals surface area contributed by atoms with Gasteiger partial charge in [0.15, 0.2) is 0 Å². The number of hydrogen-bond acceptors (Lipinski definition) is 4. The molecule has 0 radical (unpaired) electrons. The van der Waals surface area contributed by atoms with Gasteiger partial charge in [0.1, 0.15) is 11.2 Å². The highest BCUT2D eigenvalue weighted by Crippen LogP contribution is 2.52. The Morgan fingerprint density at radius 1 is 1.25 bits per heavy atom. The Balaban J connectivity index is 0.00000192. The first kappa shape index (κ1) is 19.5. The number of aromatic nitrogens is 3. The molecule has 1 saturated carbocycles. The average Bonchev–Trinajstić information content (AvgIpc) is 3.33. The van der Waals surface area contributed by atoms with E-state index >= 15 is 0 Å². The summed E-state index contributed by atoms with van der Waals surface area (Å²) in [4.78, 5) is 30.6. The number of carbonyl (C=O) groups is 1. The van der Waals surface area contributed by atoms with E-state index in [-0.39, 0.29) is 23.9 Å². The largest absolute Gasteiger partial charge is 0.338 e. The van der Waals surface area contributed by atoms with Crippen LogP contribution in [0.5, 0.6) is 0 Å². The number of rotatable bonds is 2. The molecule has 0 bridgehead atoms. The lowest BCUT2D eigenvalue weighted by molar-refractivity contribution is 0.0655. The summed E-state index contributed by atoms with van der Waals surface area (Å²) < 4.78 is 1.82. The molecule has 2 N–H and O–H groups in total. The second-order valence-corrected chi connectivity index (χ2v) is 8.63. The van der Waals surface area contributed by atoms with Crippen molar-refractivity contribution in [1.29, 1.82) is 0 Å². The monoisotopic (exact) mass is 405 g/mol. The van der Waals surface area contributed by atoms with E-state index < -0.39 is 0 Å². The summed E-state index contributed by atoms with van der Waals surface area (Å²) in [6, 6.07) is 1.66. The molecule has 152 valence electrons. The number of aromatic amines is 1. The molecule has 28 heavy (non-hydrogen) atoms. The van der Waals surface area contributed by atoms with Crippen molar-refractivity contribution in [1.82, 2.24) is 24.8 Å². The van der Waals surface area contributed by atoms with Gasteiger partial charge >= 0.3 is 0 Å². The highest BCUT2D eigenvalue weighted by molar-refractivity contribution is 6.01. The van der Waals surface area contributed by atoms with Crippen LogP contribution in [0.15, 0.2) is 10.9 Å².